The largest absolute Gasteiger partial charge is 0.324 e. The zero-order valence-electron chi connectivity index (χ0n) is 12.9. The van der Waals surface area contributed by atoms with Gasteiger partial charge < -0.3 is 5.32 Å². The van der Waals surface area contributed by atoms with Crippen LogP contribution in [0.15, 0.2) is 27.1 Å². The lowest BCUT2D eigenvalue weighted by Crippen LogP contribution is -2.50. The Balaban J connectivity index is 2.18. The average molecular weight is 468 g/mol. The van der Waals surface area contributed by atoms with E-state index in [0.717, 1.165) is 21.8 Å². The molecule has 1 aromatic carbocycles. The molecule has 1 aliphatic heterocycles. The van der Waals surface area contributed by atoms with Gasteiger partial charge in [-0.3, -0.25) is 4.79 Å². The van der Waals surface area contributed by atoms with Gasteiger partial charge in [0.2, 0.25) is 15.9 Å². The summed E-state index contributed by atoms with van der Waals surface area (Å²) >= 11 is 6.76. The van der Waals surface area contributed by atoms with Gasteiger partial charge in [-0.05, 0) is 53.4 Å². The summed E-state index contributed by atoms with van der Waals surface area (Å²) in [6.07, 6.45) is 2.76. The molecule has 0 saturated carbocycles. The number of nitrogens with zero attached hydrogens (tertiary/aromatic N) is 1. The second kappa shape index (κ2) is 8.09. The van der Waals surface area contributed by atoms with E-state index < -0.39 is 16.1 Å². The van der Waals surface area contributed by atoms with Crippen molar-refractivity contribution in [2.75, 3.05) is 17.6 Å². The van der Waals surface area contributed by atoms with E-state index in [9.17, 15) is 13.2 Å². The van der Waals surface area contributed by atoms with Gasteiger partial charge in [-0.25, -0.2) is 8.42 Å². The smallest absolute Gasteiger partial charge is 0.242 e. The van der Waals surface area contributed by atoms with E-state index in [2.05, 4.69) is 37.2 Å². The van der Waals surface area contributed by atoms with Crippen LogP contribution in [0.2, 0.25) is 0 Å². The van der Waals surface area contributed by atoms with Gasteiger partial charge in [-0.2, -0.15) is 4.31 Å². The molecule has 1 unspecified atom stereocenters. The number of halogens is 2. The summed E-state index contributed by atoms with van der Waals surface area (Å²) in [6.45, 7) is 2.25. The predicted molar refractivity (Wildman–Crippen MR) is 98.9 cm³/mol. The third-order valence-corrected chi connectivity index (χ3v) is 6.99. The summed E-state index contributed by atoms with van der Waals surface area (Å²) < 4.78 is 27.8. The highest BCUT2D eigenvalue weighted by atomic mass is 79.9. The third-order valence-electron chi connectivity index (χ3n) is 3.76. The van der Waals surface area contributed by atoms with Crippen LogP contribution in [-0.4, -0.2) is 37.0 Å². The van der Waals surface area contributed by atoms with Crippen LogP contribution in [0.3, 0.4) is 0 Å². The molecule has 1 N–H and O–H groups in total. The highest BCUT2D eigenvalue weighted by Gasteiger charge is 2.36. The average Bonchev–Trinajstić information content (AvgIpc) is 2.50. The highest BCUT2D eigenvalue weighted by molar-refractivity contribution is 9.11. The minimum atomic E-state index is -3.38. The van der Waals surface area contributed by atoms with E-state index in [1.807, 2.05) is 19.1 Å². The maximum atomic E-state index is 12.6. The number of sulfonamides is 1. The van der Waals surface area contributed by atoms with Crippen molar-refractivity contribution in [2.45, 2.75) is 38.6 Å². The molecule has 23 heavy (non-hydrogen) atoms. The van der Waals surface area contributed by atoms with Crippen molar-refractivity contribution in [3.63, 3.8) is 0 Å². The van der Waals surface area contributed by atoms with Crippen LogP contribution >= 0.6 is 31.9 Å². The van der Waals surface area contributed by atoms with Crippen molar-refractivity contribution in [1.29, 1.82) is 0 Å². The summed E-state index contributed by atoms with van der Waals surface area (Å²) in [7, 11) is -3.38. The Morgan fingerprint density at radius 1 is 1.35 bits per heavy atom. The molecule has 0 radical (unpaired) electrons. The molecule has 0 bridgehead atoms. The van der Waals surface area contributed by atoms with Gasteiger partial charge in [-0.1, -0.05) is 29.3 Å². The van der Waals surface area contributed by atoms with Crippen LogP contribution in [0, 0.1) is 0 Å². The van der Waals surface area contributed by atoms with E-state index in [1.165, 1.54) is 4.31 Å². The third kappa shape index (κ3) is 4.78. The molecule has 0 aromatic heterocycles. The number of carbonyl (C=O) groups excluding carboxylic acids is 1. The minimum Gasteiger partial charge on any atom is -0.324 e. The van der Waals surface area contributed by atoms with Gasteiger partial charge in [-0.15, -0.1) is 0 Å². The van der Waals surface area contributed by atoms with Crippen molar-refractivity contribution < 1.29 is 13.2 Å². The van der Waals surface area contributed by atoms with E-state index in [1.54, 1.807) is 6.07 Å². The van der Waals surface area contributed by atoms with Crippen LogP contribution in [0.5, 0.6) is 0 Å². The standard InChI is InChI=1S/C15H20Br2N2O3S/c1-2-9-23(21,22)19-8-4-3-5-14(19)15(20)18-13-7-6-11(16)10-12(13)17/h6-7,10,14H,2-5,8-9H2,1H3,(H,18,20). The molecule has 128 valence electrons. The zero-order chi connectivity index (χ0) is 17.0. The predicted octanol–water partition coefficient (Wildman–Crippen LogP) is 3.74. The van der Waals surface area contributed by atoms with Crippen molar-refractivity contribution in [3.8, 4) is 0 Å². The quantitative estimate of drug-likeness (QED) is 0.717. The fourth-order valence-corrected chi connectivity index (χ4v) is 5.57. The second-order valence-electron chi connectivity index (χ2n) is 5.55. The first kappa shape index (κ1) is 18.9. The highest BCUT2D eigenvalue weighted by Crippen LogP contribution is 2.28. The number of nitrogens with one attached hydrogen (secondary N) is 1. The molecule has 0 aliphatic carbocycles. The number of hydrogen-bond acceptors (Lipinski definition) is 3. The molecular formula is C15H20Br2N2O3S. The summed E-state index contributed by atoms with van der Waals surface area (Å²) in [4.78, 5) is 12.6. The van der Waals surface area contributed by atoms with Crippen LogP contribution < -0.4 is 5.32 Å². The number of hydrogen-bond donors (Lipinski definition) is 1. The van der Waals surface area contributed by atoms with E-state index >= 15 is 0 Å². The first-order valence-corrected chi connectivity index (χ1v) is 10.8. The molecule has 1 fully saturated rings. The Hall–Kier alpha value is -0.440. The molecule has 5 nitrogen and oxygen atoms in total. The molecule has 0 spiro atoms. The second-order valence-corrected chi connectivity index (χ2v) is 9.36. The zero-order valence-corrected chi connectivity index (χ0v) is 16.9. The van der Waals surface area contributed by atoms with Gasteiger partial charge in [0.05, 0.1) is 11.4 Å². The maximum Gasteiger partial charge on any atom is 0.242 e. The number of anilines is 1. The van der Waals surface area contributed by atoms with Crippen LogP contribution in [0.25, 0.3) is 0 Å². The molecule has 1 aromatic rings. The van der Waals surface area contributed by atoms with Crippen LogP contribution in [0.4, 0.5) is 5.69 Å². The summed E-state index contributed by atoms with van der Waals surface area (Å²) in [6, 6.07) is 4.81. The molecule has 1 amide bonds. The first-order valence-electron chi connectivity index (χ1n) is 7.60. The number of rotatable bonds is 5. The lowest BCUT2D eigenvalue weighted by molar-refractivity contribution is -0.120. The van der Waals surface area contributed by atoms with Crippen molar-refractivity contribution in [3.05, 3.63) is 27.1 Å². The van der Waals surface area contributed by atoms with Crippen molar-refractivity contribution in [2.24, 2.45) is 0 Å². The van der Waals surface area contributed by atoms with Crippen LogP contribution in [-0.2, 0) is 14.8 Å². The van der Waals surface area contributed by atoms with Gasteiger partial charge in [0.25, 0.3) is 0 Å². The maximum absolute atomic E-state index is 12.6. The SMILES string of the molecule is CCCS(=O)(=O)N1CCCCC1C(=O)Nc1ccc(Br)cc1Br. The van der Waals surface area contributed by atoms with Crippen LogP contribution in [0.1, 0.15) is 32.6 Å². The van der Waals surface area contributed by atoms with E-state index in [4.69, 9.17) is 0 Å². The Kier molecular flexibility index (Phi) is 6.65. The summed E-state index contributed by atoms with van der Waals surface area (Å²) in [5.41, 5.74) is 0.636. The number of piperidine rings is 1. The van der Waals surface area contributed by atoms with Crippen molar-refractivity contribution >= 4 is 53.5 Å². The number of carbonyl (C=O) groups is 1. The summed E-state index contributed by atoms with van der Waals surface area (Å²) in [5.74, 6) is -0.189. The Labute approximate surface area is 154 Å². The molecule has 1 saturated heterocycles. The molecular weight excluding hydrogens is 448 g/mol. The molecule has 1 aliphatic rings. The number of amides is 1. The molecule has 8 heteroatoms. The normalized spacial score (nSPS) is 19.5. The Morgan fingerprint density at radius 2 is 2.09 bits per heavy atom. The minimum absolute atomic E-state index is 0.0821. The summed E-state index contributed by atoms with van der Waals surface area (Å²) in [5, 5.41) is 2.84. The van der Waals surface area contributed by atoms with Gasteiger partial charge >= 0.3 is 0 Å². The first-order chi connectivity index (χ1) is 10.8. The van der Waals surface area contributed by atoms with E-state index in [0.29, 0.717) is 25.1 Å². The Bertz CT molecular complexity index is 679. The van der Waals surface area contributed by atoms with Gasteiger partial charge in [0, 0.05) is 15.5 Å². The number of benzene rings is 1. The fraction of sp³-hybridized carbons (Fsp3) is 0.533. The molecule has 1 heterocycles. The molecule has 1 atom stereocenters. The Morgan fingerprint density at radius 3 is 2.74 bits per heavy atom. The lowest BCUT2D eigenvalue weighted by Gasteiger charge is -2.33. The fourth-order valence-electron chi connectivity index (χ4n) is 2.68. The topological polar surface area (TPSA) is 66.5 Å². The van der Waals surface area contributed by atoms with E-state index in [-0.39, 0.29) is 11.7 Å². The lowest BCUT2D eigenvalue weighted by atomic mass is 10.0. The van der Waals surface area contributed by atoms with Gasteiger partial charge in [0.1, 0.15) is 6.04 Å². The van der Waals surface area contributed by atoms with Gasteiger partial charge in [0.15, 0.2) is 0 Å². The monoisotopic (exact) mass is 466 g/mol. The molecule has 2 rings (SSSR count). The van der Waals surface area contributed by atoms with Crippen molar-refractivity contribution in [1.82, 2.24) is 4.31 Å².